The molecule has 0 aromatic heterocycles. The molecule has 0 unspecified atom stereocenters. The molecule has 0 aliphatic carbocycles. The molecule has 1 aliphatic rings. The van der Waals surface area contributed by atoms with Gasteiger partial charge in [0.2, 0.25) is 0 Å². The highest BCUT2D eigenvalue weighted by atomic mass is 28.4. The molecule has 0 aromatic rings. The lowest BCUT2D eigenvalue weighted by atomic mass is 10.2. The minimum absolute atomic E-state index is 0.0521. The lowest BCUT2D eigenvalue weighted by Gasteiger charge is -2.40. The summed E-state index contributed by atoms with van der Waals surface area (Å²) in [5.41, 5.74) is 0. The van der Waals surface area contributed by atoms with E-state index in [1.807, 2.05) is 4.57 Å². The molecule has 0 N–H and O–H groups in total. The van der Waals surface area contributed by atoms with E-state index >= 15 is 0 Å². The Morgan fingerprint density at radius 2 is 1.59 bits per heavy atom. The summed E-state index contributed by atoms with van der Waals surface area (Å²) in [6.45, 7) is 1.57. The van der Waals surface area contributed by atoms with Crippen molar-refractivity contribution < 1.29 is 22.0 Å². The third-order valence-corrected chi connectivity index (χ3v) is 6.77. The fraction of sp³-hybridized carbons (Fsp3) is 1.00. The van der Waals surface area contributed by atoms with Gasteiger partial charge in [-0.2, -0.15) is 13.2 Å². The van der Waals surface area contributed by atoms with Crippen LogP contribution in [0.25, 0.3) is 0 Å². The second-order valence-electron chi connectivity index (χ2n) is 4.28. The topological polar surface area (TPSA) is 21.7 Å². The Kier molecular flexibility index (Phi) is 5.43. The van der Waals surface area contributed by atoms with Crippen molar-refractivity contribution in [1.82, 2.24) is 4.57 Å². The van der Waals surface area contributed by atoms with Crippen LogP contribution in [0.15, 0.2) is 0 Å². The van der Waals surface area contributed by atoms with Crippen LogP contribution in [-0.2, 0) is 8.85 Å². The number of halogens is 3. The summed E-state index contributed by atoms with van der Waals surface area (Å²) in [6, 6.07) is -0.0521. The minimum atomic E-state index is -4.15. The second-order valence-corrected chi connectivity index (χ2v) is 7.66. The first-order valence-electron chi connectivity index (χ1n) is 5.85. The molecular formula is C10H20F3NO2Si. The van der Waals surface area contributed by atoms with E-state index in [0.717, 1.165) is 32.4 Å². The third-order valence-electron chi connectivity index (χ3n) is 3.20. The van der Waals surface area contributed by atoms with Crippen LogP contribution in [-0.4, -0.2) is 46.8 Å². The summed E-state index contributed by atoms with van der Waals surface area (Å²) >= 11 is 0. The Morgan fingerprint density at radius 3 is 2.00 bits per heavy atom. The number of piperidine rings is 1. The van der Waals surface area contributed by atoms with Gasteiger partial charge in [0.1, 0.15) is 0 Å². The van der Waals surface area contributed by atoms with E-state index in [1.165, 1.54) is 14.2 Å². The summed E-state index contributed by atoms with van der Waals surface area (Å²) in [4.78, 5) is 0. The van der Waals surface area contributed by atoms with Crippen LogP contribution in [0.5, 0.6) is 0 Å². The molecule has 1 saturated heterocycles. The van der Waals surface area contributed by atoms with Crippen molar-refractivity contribution >= 4 is 8.72 Å². The van der Waals surface area contributed by atoms with Crippen molar-refractivity contribution in [3.05, 3.63) is 0 Å². The molecule has 0 bridgehead atoms. The van der Waals surface area contributed by atoms with E-state index in [1.54, 1.807) is 0 Å². The minimum Gasteiger partial charge on any atom is -0.386 e. The highest BCUT2D eigenvalue weighted by molar-refractivity contribution is 6.64. The Balaban J connectivity index is 2.66. The van der Waals surface area contributed by atoms with Crippen molar-refractivity contribution in [2.45, 2.75) is 37.9 Å². The van der Waals surface area contributed by atoms with E-state index < -0.39 is 21.3 Å². The molecule has 0 spiro atoms. The van der Waals surface area contributed by atoms with Crippen LogP contribution in [0.4, 0.5) is 13.2 Å². The maximum Gasteiger partial charge on any atom is 0.427 e. The van der Waals surface area contributed by atoms with Crippen LogP contribution >= 0.6 is 0 Å². The van der Waals surface area contributed by atoms with Gasteiger partial charge in [0, 0.05) is 26.7 Å². The Bertz CT molecular complexity index is 228. The summed E-state index contributed by atoms with van der Waals surface area (Å²) in [6.07, 6.45) is -1.84. The summed E-state index contributed by atoms with van der Waals surface area (Å²) in [5, 5.41) is 0. The van der Waals surface area contributed by atoms with Gasteiger partial charge in [0.15, 0.2) is 0 Å². The molecule has 7 heteroatoms. The molecular weight excluding hydrogens is 251 g/mol. The average molecular weight is 271 g/mol. The maximum atomic E-state index is 12.3. The first-order chi connectivity index (χ1) is 7.93. The van der Waals surface area contributed by atoms with Gasteiger partial charge in [0.05, 0.1) is 0 Å². The number of rotatable bonds is 5. The molecule has 0 amide bonds. The highest BCUT2D eigenvalue weighted by Gasteiger charge is 2.46. The molecule has 102 valence electrons. The monoisotopic (exact) mass is 271 g/mol. The van der Waals surface area contributed by atoms with Crippen molar-refractivity contribution in [3.63, 3.8) is 0 Å². The van der Waals surface area contributed by atoms with Crippen LogP contribution in [0.2, 0.25) is 6.04 Å². The fourth-order valence-electron chi connectivity index (χ4n) is 2.24. The molecule has 1 rings (SSSR count). The Morgan fingerprint density at radius 1 is 1.06 bits per heavy atom. The third kappa shape index (κ3) is 4.24. The van der Waals surface area contributed by atoms with Gasteiger partial charge in [-0.05, 0) is 25.9 Å². The first kappa shape index (κ1) is 14.9. The van der Waals surface area contributed by atoms with Gasteiger partial charge < -0.3 is 8.85 Å². The SMILES string of the molecule is CO[Si](CCC(F)(F)F)(OC)N1CCCCC1. The zero-order chi connectivity index (χ0) is 12.9. The number of hydrogen-bond donors (Lipinski definition) is 0. The molecule has 3 nitrogen and oxygen atoms in total. The molecule has 1 fully saturated rings. The zero-order valence-electron chi connectivity index (χ0n) is 10.3. The standard InChI is InChI=1S/C10H20F3NO2Si/c1-15-17(16-2,9-6-10(11,12)13)14-7-4-3-5-8-14/h3-9H2,1-2H3. The van der Waals surface area contributed by atoms with E-state index in [9.17, 15) is 13.2 Å². The molecule has 0 saturated carbocycles. The predicted octanol–water partition coefficient (Wildman–Crippen LogP) is 2.66. The van der Waals surface area contributed by atoms with E-state index in [0.29, 0.717) is 0 Å². The van der Waals surface area contributed by atoms with Crippen molar-refractivity contribution in [2.24, 2.45) is 0 Å². The lowest BCUT2D eigenvalue weighted by Crippen LogP contribution is -2.59. The smallest absolute Gasteiger partial charge is 0.386 e. The normalized spacial score (nSPS) is 19.6. The molecule has 1 aliphatic heterocycles. The van der Waals surface area contributed by atoms with Gasteiger partial charge in [-0.1, -0.05) is 6.42 Å². The Hall–Kier alpha value is -0.113. The Labute approximate surface area is 101 Å². The van der Waals surface area contributed by atoms with E-state index in [-0.39, 0.29) is 6.04 Å². The molecule has 0 atom stereocenters. The average Bonchev–Trinajstić information content (AvgIpc) is 2.31. The van der Waals surface area contributed by atoms with Crippen molar-refractivity contribution in [3.8, 4) is 0 Å². The predicted molar refractivity (Wildman–Crippen MR) is 60.7 cm³/mol. The van der Waals surface area contributed by atoms with Crippen LogP contribution in [0.1, 0.15) is 25.7 Å². The second kappa shape index (κ2) is 6.17. The van der Waals surface area contributed by atoms with Crippen molar-refractivity contribution in [1.29, 1.82) is 0 Å². The van der Waals surface area contributed by atoms with Gasteiger partial charge in [-0.25, -0.2) is 0 Å². The first-order valence-corrected chi connectivity index (χ1v) is 7.83. The van der Waals surface area contributed by atoms with Crippen LogP contribution in [0.3, 0.4) is 0 Å². The summed E-state index contributed by atoms with van der Waals surface area (Å²) < 4.78 is 49.7. The van der Waals surface area contributed by atoms with Crippen molar-refractivity contribution in [2.75, 3.05) is 27.3 Å². The molecule has 1 heterocycles. The highest BCUT2D eigenvalue weighted by Crippen LogP contribution is 2.30. The van der Waals surface area contributed by atoms with Gasteiger partial charge in [-0.3, -0.25) is 4.57 Å². The molecule has 0 radical (unpaired) electrons. The fourth-order valence-corrected chi connectivity index (χ4v) is 5.24. The van der Waals surface area contributed by atoms with Gasteiger partial charge in [-0.15, -0.1) is 0 Å². The van der Waals surface area contributed by atoms with Gasteiger partial charge >= 0.3 is 14.9 Å². The van der Waals surface area contributed by atoms with Gasteiger partial charge in [0.25, 0.3) is 0 Å². The zero-order valence-corrected chi connectivity index (χ0v) is 11.3. The molecule has 0 aromatic carbocycles. The quantitative estimate of drug-likeness (QED) is 0.718. The van der Waals surface area contributed by atoms with Crippen LogP contribution < -0.4 is 0 Å². The largest absolute Gasteiger partial charge is 0.427 e. The number of hydrogen-bond acceptors (Lipinski definition) is 3. The van der Waals surface area contributed by atoms with E-state index in [4.69, 9.17) is 8.85 Å². The number of nitrogens with zero attached hydrogens (tertiary/aromatic N) is 1. The summed E-state index contributed by atoms with van der Waals surface area (Å²) in [5.74, 6) is 0. The van der Waals surface area contributed by atoms with E-state index in [2.05, 4.69) is 0 Å². The molecule has 17 heavy (non-hydrogen) atoms. The maximum absolute atomic E-state index is 12.3. The summed E-state index contributed by atoms with van der Waals surface area (Å²) in [7, 11) is 0.0790. The lowest BCUT2D eigenvalue weighted by molar-refractivity contribution is -0.132. The van der Waals surface area contributed by atoms with Crippen LogP contribution in [0, 0.1) is 0 Å². The number of alkyl halides is 3.